The molecule has 0 bridgehead atoms. The standard InChI is InChI=1S/C16H17NO3/c1-16(19-2)14(11-6-5-9-17-10-11)15(18)12-7-3-4-8-13(12)20-16/h3-10,14-15,18H,1-2H3. The summed E-state index contributed by atoms with van der Waals surface area (Å²) in [5.74, 6) is -0.614. The Morgan fingerprint density at radius 3 is 2.75 bits per heavy atom. The molecule has 2 heterocycles. The average Bonchev–Trinajstić information content (AvgIpc) is 2.48. The average molecular weight is 271 g/mol. The highest BCUT2D eigenvalue weighted by molar-refractivity contribution is 5.41. The van der Waals surface area contributed by atoms with Crippen molar-refractivity contribution in [1.29, 1.82) is 0 Å². The number of ether oxygens (including phenoxy) is 2. The van der Waals surface area contributed by atoms with Gasteiger partial charge in [-0.3, -0.25) is 4.98 Å². The number of fused-ring (bicyclic) bond motifs is 1. The predicted molar refractivity (Wildman–Crippen MR) is 74.4 cm³/mol. The number of hydrogen-bond acceptors (Lipinski definition) is 4. The summed E-state index contributed by atoms with van der Waals surface area (Å²) in [4.78, 5) is 4.13. The van der Waals surface area contributed by atoms with Crippen LogP contribution in [0.15, 0.2) is 48.8 Å². The molecule has 4 nitrogen and oxygen atoms in total. The molecule has 1 aromatic carbocycles. The molecule has 104 valence electrons. The molecule has 1 aliphatic heterocycles. The second-order valence-electron chi connectivity index (χ2n) is 5.07. The van der Waals surface area contributed by atoms with E-state index in [1.165, 1.54) is 0 Å². The monoisotopic (exact) mass is 271 g/mol. The molecule has 0 saturated heterocycles. The number of rotatable bonds is 2. The lowest BCUT2D eigenvalue weighted by Gasteiger charge is -2.43. The number of aliphatic hydroxyl groups is 1. The zero-order valence-corrected chi connectivity index (χ0v) is 11.5. The maximum absolute atomic E-state index is 10.8. The second-order valence-corrected chi connectivity index (χ2v) is 5.07. The van der Waals surface area contributed by atoms with E-state index in [0.717, 1.165) is 11.1 Å². The van der Waals surface area contributed by atoms with Crippen LogP contribution in [0.25, 0.3) is 0 Å². The van der Waals surface area contributed by atoms with Crippen LogP contribution in [0.5, 0.6) is 5.75 Å². The van der Waals surface area contributed by atoms with Gasteiger partial charge in [-0.05, 0) is 17.7 Å². The zero-order valence-electron chi connectivity index (χ0n) is 11.5. The third kappa shape index (κ3) is 1.97. The summed E-state index contributed by atoms with van der Waals surface area (Å²) >= 11 is 0. The van der Waals surface area contributed by atoms with E-state index >= 15 is 0 Å². The highest BCUT2D eigenvalue weighted by atomic mass is 16.7. The Hall–Kier alpha value is -1.91. The van der Waals surface area contributed by atoms with E-state index in [1.54, 1.807) is 19.5 Å². The molecule has 0 amide bonds. The quantitative estimate of drug-likeness (QED) is 0.912. The lowest BCUT2D eigenvalue weighted by atomic mass is 9.81. The van der Waals surface area contributed by atoms with Crippen LogP contribution in [0.1, 0.15) is 30.1 Å². The van der Waals surface area contributed by atoms with E-state index in [2.05, 4.69) is 4.98 Å². The number of para-hydroxylation sites is 1. The maximum atomic E-state index is 10.8. The van der Waals surface area contributed by atoms with Gasteiger partial charge in [0.2, 0.25) is 5.79 Å². The Kier molecular flexibility index (Phi) is 3.20. The maximum Gasteiger partial charge on any atom is 0.217 e. The largest absolute Gasteiger partial charge is 0.462 e. The van der Waals surface area contributed by atoms with Crippen molar-refractivity contribution in [1.82, 2.24) is 4.98 Å². The molecule has 0 saturated carbocycles. The number of methoxy groups -OCH3 is 1. The van der Waals surface area contributed by atoms with E-state index in [4.69, 9.17) is 9.47 Å². The van der Waals surface area contributed by atoms with Crippen molar-refractivity contribution in [3.05, 3.63) is 59.9 Å². The van der Waals surface area contributed by atoms with Crippen LogP contribution in [0, 0.1) is 0 Å². The molecule has 2 aromatic rings. The molecule has 0 spiro atoms. The molecule has 20 heavy (non-hydrogen) atoms. The summed E-state index contributed by atoms with van der Waals surface area (Å²) in [6.07, 6.45) is 2.74. The topological polar surface area (TPSA) is 51.6 Å². The Balaban J connectivity index is 2.12. The number of nitrogens with zero attached hydrogens (tertiary/aromatic N) is 1. The highest BCUT2D eigenvalue weighted by Crippen LogP contribution is 2.48. The Morgan fingerprint density at radius 2 is 2.05 bits per heavy atom. The molecule has 3 atom stereocenters. The van der Waals surface area contributed by atoms with Crippen molar-refractivity contribution in [2.45, 2.75) is 24.7 Å². The van der Waals surface area contributed by atoms with Gasteiger partial charge in [-0.1, -0.05) is 24.3 Å². The van der Waals surface area contributed by atoms with Crippen molar-refractivity contribution >= 4 is 0 Å². The zero-order chi connectivity index (χ0) is 14.2. The van der Waals surface area contributed by atoms with Crippen molar-refractivity contribution in [3.8, 4) is 5.75 Å². The van der Waals surface area contributed by atoms with Gasteiger partial charge < -0.3 is 14.6 Å². The first-order valence-electron chi connectivity index (χ1n) is 6.57. The molecule has 0 radical (unpaired) electrons. The molecule has 0 fully saturated rings. The van der Waals surface area contributed by atoms with Gasteiger partial charge in [-0.2, -0.15) is 0 Å². The molecule has 3 unspecified atom stereocenters. The fraction of sp³-hybridized carbons (Fsp3) is 0.312. The summed E-state index contributed by atoms with van der Waals surface area (Å²) in [5, 5.41) is 10.8. The molecule has 3 rings (SSSR count). The molecule has 1 aliphatic rings. The minimum absolute atomic E-state index is 0.337. The van der Waals surface area contributed by atoms with Crippen molar-refractivity contribution in [2.75, 3.05) is 7.11 Å². The number of hydrogen-bond donors (Lipinski definition) is 1. The van der Waals surface area contributed by atoms with Gasteiger partial charge in [-0.25, -0.2) is 0 Å². The third-order valence-electron chi connectivity index (χ3n) is 3.88. The molecular weight excluding hydrogens is 254 g/mol. The predicted octanol–water partition coefficient (Wildman–Crippen LogP) is 2.65. The van der Waals surface area contributed by atoms with E-state index in [0.29, 0.717) is 5.75 Å². The first-order valence-corrected chi connectivity index (χ1v) is 6.57. The fourth-order valence-corrected chi connectivity index (χ4v) is 2.78. The van der Waals surface area contributed by atoms with E-state index in [9.17, 15) is 5.11 Å². The fourth-order valence-electron chi connectivity index (χ4n) is 2.78. The third-order valence-corrected chi connectivity index (χ3v) is 3.88. The number of benzene rings is 1. The van der Waals surface area contributed by atoms with Crippen LogP contribution in [-0.4, -0.2) is 23.0 Å². The number of aliphatic hydroxyl groups excluding tert-OH is 1. The minimum atomic E-state index is -0.934. The molecule has 1 aromatic heterocycles. The van der Waals surface area contributed by atoms with E-state index in [1.807, 2.05) is 43.3 Å². The van der Waals surface area contributed by atoms with E-state index < -0.39 is 11.9 Å². The highest BCUT2D eigenvalue weighted by Gasteiger charge is 2.47. The molecular formula is C16H17NO3. The summed E-state index contributed by atoms with van der Waals surface area (Å²) < 4.78 is 11.6. The Labute approximate surface area is 118 Å². The molecule has 0 aliphatic carbocycles. The summed E-state index contributed by atoms with van der Waals surface area (Å²) in [5.41, 5.74) is 1.66. The van der Waals surface area contributed by atoms with Gasteiger partial charge in [0.1, 0.15) is 5.75 Å². The van der Waals surface area contributed by atoms with E-state index in [-0.39, 0.29) is 5.92 Å². The van der Waals surface area contributed by atoms with Gasteiger partial charge >= 0.3 is 0 Å². The van der Waals surface area contributed by atoms with Crippen LogP contribution in [0.3, 0.4) is 0 Å². The Morgan fingerprint density at radius 1 is 1.25 bits per heavy atom. The summed E-state index contributed by atoms with van der Waals surface area (Å²) in [7, 11) is 1.59. The normalized spacial score (nSPS) is 28.6. The first kappa shape index (κ1) is 13.1. The van der Waals surface area contributed by atoms with Gasteiger partial charge in [-0.15, -0.1) is 0 Å². The number of pyridine rings is 1. The summed E-state index contributed by atoms with van der Waals surface area (Å²) in [6, 6.07) is 11.3. The van der Waals surface area contributed by atoms with Gasteiger partial charge in [0.05, 0.1) is 12.0 Å². The van der Waals surface area contributed by atoms with Gasteiger partial charge in [0.25, 0.3) is 0 Å². The Bertz CT molecular complexity index is 602. The van der Waals surface area contributed by atoms with Crippen molar-refractivity contribution in [3.63, 3.8) is 0 Å². The van der Waals surface area contributed by atoms with Gasteiger partial charge in [0, 0.05) is 32.0 Å². The van der Waals surface area contributed by atoms with Crippen molar-refractivity contribution in [2.24, 2.45) is 0 Å². The van der Waals surface area contributed by atoms with Crippen LogP contribution in [0.2, 0.25) is 0 Å². The minimum Gasteiger partial charge on any atom is -0.462 e. The first-order chi connectivity index (χ1) is 9.65. The lowest BCUT2D eigenvalue weighted by molar-refractivity contribution is -0.197. The van der Waals surface area contributed by atoms with Crippen LogP contribution in [-0.2, 0) is 4.74 Å². The second kappa shape index (κ2) is 4.89. The smallest absolute Gasteiger partial charge is 0.217 e. The SMILES string of the molecule is COC1(C)Oc2ccccc2C(O)C1c1cccnc1. The van der Waals surface area contributed by atoms with Crippen molar-refractivity contribution < 1.29 is 14.6 Å². The number of aromatic nitrogens is 1. The van der Waals surface area contributed by atoms with Crippen LogP contribution >= 0.6 is 0 Å². The lowest BCUT2D eigenvalue weighted by Crippen LogP contribution is -2.47. The van der Waals surface area contributed by atoms with Crippen LogP contribution in [0.4, 0.5) is 0 Å². The molecule has 4 heteroatoms. The van der Waals surface area contributed by atoms with Crippen LogP contribution < -0.4 is 4.74 Å². The summed E-state index contributed by atoms with van der Waals surface area (Å²) in [6.45, 7) is 1.84. The molecule has 1 N–H and O–H groups in total. The van der Waals surface area contributed by atoms with Gasteiger partial charge in [0.15, 0.2) is 0 Å².